The average molecular weight is 2220 g/mol. The van der Waals surface area contributed by atoms with Gasteiger partial charge in [-0.25, -0.2) is 48.8 Å². The number of carbonyl (C=O) groups is 3. The molecule has 0 amide bonds. The molecule has 6 fully saturated rings. The molecule has 36 heteroatoms. The van der Waals surface area contributed by atoms with E-state index in [0.29, 0.717) is 50.7 Å². The zero-order valence-corrected chi connectivity index (χ0v) is 91.2. The smallest absolute Gasteiger partial charge is 1.00 e. The van der Waals surface area contributed by atoms with Crippen molar-refractivity contribution in [3.05, 3.63) is 52.3 Å². The largest absolute Gasteiger partial charge is 2.00 e. The van der Waals surface area contributed by atoms with Crippen LogP contribution in [0.5, 0.6) is 0 Å². The quantitative estimate of drug-likeness (QED) is 0.0252. The zero-order valence-electron chi connectivity index (χ0n) is 63.4. The molecule has 7 unspecified atom stereocenters. The molecule has 0 radical (unpaired) electrons. The van der Waals surface area contributed by atoms with Crippen LogP contribution in [0, 0.1) is 39.6 Å². The van der Waals surface area contributed by atoms with Gasteiger partial charge in [-0.15, -0.1) is 38.5 Å². The first-order chi connectivity index (χ1) is 40.0. The summed E-state index contributed by atoms with van der Waals surface area (Å²) in [4.78, 5) is 42.5. The molecule has 0 aliphatic carbocycles. The van der Waals surface area contributed by atoms with E-state index in [0.717, 1.165) is 35.6 Å². The fourth-order valence-electron chi connectivity index (χ4n) is 7.93. The molecule has 6 aliphatic heterocycles. The summed E-state index contributed by atoms with van der Waals surface area (Å²) in [5, 5.41) is 19.2. The third-order valence-electron chi connectivity index (χ3n) is 15.3. The van der Waals surface area contributed by atoms with E-state index >= 15 is 0 Å². The second-order valence-corrected chi connectivity index (χ2v) is 45.0. The minimum Gasteiger partial charge on any atom is -1.00 e. The Morgan fingerprint density at radius 3 is 1.19 bits per heavy atom. The van der Waals surface area contributed by atoms with Crippen LogP contribution in [0.3, 0.4) is 0 Å². The summed E-state index contributed by atoms with van der Waals surface area (Å²) < 4.78 is 106. The predicted molar refractivity (Wildman–Crippen MR) is 389 cm³/mol. The third kappa shape index (κ3) is 43.4. The number of ketones is 3. The summed E-state index contributed by atoms with van der Waals surface area (Å²) in [6, 6.07) is 0. The van der Waals surface area contributed by atoms with E-state index in [4.69, 9.17) is 76.2 Å². The molecule has 6 aliphatic rings. The van der Waals surface area contributed by atoms with E-state index < -0.39 is 61.4 Å². The van der Waals surface area contributed by atoms with Crippen LogP contribution in [0.2, 0.25) is 36.3 Å². The number of carbonyl (C=O) groups excluding carboxylic acids is 3. The van der Waals surface area contributed by atoms with Crippen LogP contribution in [0.4, 0.5) is 0 Å². The van der Waals surface area contributed by atoms with E-state index in [2.05, 4.69) is 74.3 Å². The third-order valence-corrected chi connectivity index (χ3v) is 33.4. The number of ether oxygens (including phenoxy) is 6. The van der Waals surface area contributed by atoms with Crippen molar-refractivity contribution in [2.45, 2.75) is 257 Å². The van der Waals surface area contributed by atoms with E-state index in [1.165, 1.54) is 40.1 Å². The molecule has 0 saturated carbocycles. The van der Waals surface area contributed by atoms with Crippen LogP contribution < -0.4 is 0 Å². The SMILES string of the molecule is C.C=CC(C)=O.CC(=O)CCS[P@@](=O)(OC[C@H]1O[CH-]CC1O)OC1C[CH-]O[C@@H]1CO.CC[C@H]1O[CH-]CC1OP(O)(=S)OC[C@H]1O[CH-]CC1O[Si](C)(C)C(C)(C)C.CC[C@H]1O[CH-]CC1O[P@](=O)(OC[C@H]1O[CH-]CC1O[Si](C)(C)C(C)(C)C)SCCC(C)=O.[Ba+2].[Ba+2].[Ba+2].[Ba+2].[Ba+2].[Ba+2].[H-].[H-].[H-].[H-].[H-].[H-]. The molecular weight excluding hydrogens is 2110 g/mol. The standard InChI is InChI=1S/C21H39O7PSSi.C17H33O6PSSi.C14H23O8PS.C4H6O.CH4.6Ba.6H/c1-8-17-18(9-12-24-17)27-29(23,30-14-11-16(2)22)26-15-20-19(10-13-25-20)28-31(6,7)21(3,4)5;1-7-13-14(8-10-19-13)22-24(18,25)21-12-16-15(9-11-20-16)23-26(5,6)17(2,3)4;1-10(16)4-7-24-23(18,21-9-14-11(17)2-5-20-14)22-12-3-6-19-13(12)8-15;1-3-4(2)5;;;;;;;;;;;;;/h12-13,17-20H,8-11,14-15H2,1-7H3;10-11,13-16H,7-9,12H2,1-6H3,(H,18,25);5-6,11-15,17H,2-4,7-9H2,1H3;3H,1H2,2H3;1H4;;;;;;;;;;;;/q3*-2;;;6*+2;6*-1/t17-,18?,19?,20-,29+;13-,14?,15?,16-,24?;11?,12?,13-,14-,23+;;;;;;;;;;;;;;/m111............../s1. The molecule has 3 N–H and O–H groups in total. The van der Waals surface area contributed by atoms with Crippen LogP contribution in [-0.4, -0.2) is 454 Å². The maximum Gasteiger partial charge on any atom is 2.00 e. The summed E-state index contributed by atoms with van der Waals surface area (Å²) >= 11 is 7.18. The summed E-state index contributed by atoms with van der Waals surface area (Å²) in [5.74, 6) is 0.699. The molecular formula is C57H111Ba6O22P3S3Si2. The molecule has 0 bridgehead atoms. The summed E-state index contributed by atoms with van der Waals surface area (Å²) in [5.41, 5.74) is 0. The van der Waals surface area contributed by atoms with Crippen LogP contribution in [0.1, 0.15) is 156 Å². The normalized spacial score (nSPS) is 27.7. The Kier molecular flexibility index (Phi) is 67.1. The van der Waals surface area contributed by atoms with Gasteiger partial charge in [0.2, 0.25) is 0 Å². The first-order valence-corrected chi connectivity index (χ1v) is 44.1. The van der Waals surface area contributed by atoms with Gasteiger partial charge in [0.25, 0.3) is 0 Å². The molecule has 22 nitrogen and oxygen atoms in total. The number of hydrogen-bond acceptors (Lipinski definition) is 24. The molecule has 524 valence electrons. The van der Waals surface area contributed by atoms with E-state index in [1.54, 1.807) is 26.4 Å². The summed E-state index contributed by atoms with van der Waals surface area (Å²) in [7, 11) is -3.90. The Morgan fingerprint density at radius 1 is 0.570 bits per heavy atom. The second kappa shape index (κ2) is 56.0. The fourth-order valence-corrected chi connectivity index (χ4v) is 19.2. The number of aliphatic hydroxyl groups excluding tert-OH is 2. The number of hydrogen-bond donors (Lipinski definition) is 3. The van der Waals surface area contributed by atoms with Crippen molar-refractivity contribution < 1.29 is 112 Å². The van der Waals surface area contributed by atoms with Gasteiger partial charge in [0.1, 0.15) is 11.6 Å². The van der Waals surface area contributed by atoms with Gasteiger partial charge in [0.15, 0.2) is 22.4 Å². The molecule has 6 rings (SSSR count). The average Bonchev–Trinajstić information content (AvgIpc) is 1.57. The monoisotopic (exact) mass is 2220 g/mol. The molecule has 6 heterocycles. The van der Waals surface area contributed by atoms with Gasteiger partial charge < -0.3 is 70.0 Å². The molecule has 15 atom stereocenters. The van der Waals surface area contributed by atoms with E-state index in [1.807, 2.05) is 13.8 Å². The van der Waals surface area contributed by atoms with Gasteiger partial charge in [-0.3, -0.25) is 32.5 Å². The molecule has 6 saturated heterocycles. The van der Waals surface area contributed by atoms with Crippen molar-refractivity contribution in [1.29, 1.82) is 0 Å². The number of allylic oxidation sites excluding steroid dienone is 1. The Balaban J connectivity index is -0.000000119. The Morgan fingerprint density at radius 2 is 0.871 bits per heavy atom. The van der Waals surface area contributed by atoms with Crippen molar-refractivity contribution in [3.8, 4) is 0 Å². The maximum atomic E-state index is 13.6. The van der Waals surface area contributed by atoms with Gasteiger partial charge in [-0.05, 0) is 111 Å². The second-order valence-electron chi connectivity index (χ2n) is 24.4. The predicted octanol–water partition coefficient (Wildman–Crippen LogP) is 11.5. The first kappa shape index (κ1) is 111. The number of rotatable bonds is 31. The molecule has 0 aromatic rings. The minimum atomic E-state index is -3.61. The van der Waals surface area contributed by atoms with Gasteiger partial charge in [0.05, 0.1) is 75.3 Å². The molecule has 0 aromatic carbocycles. The van der Waals surface area contributed by atoms with Gasteiger partial charge in [-0.2, -0.15) is 0 Å². The molecule has 93 heavy (non-hydrogen) atoms. The van der Waals surface area contributed by atoms with E-state index in [9.17, 15) is 38.6 Å². The fraction of sp³-hybridized carbons (Fsp3) is 0.807. The molecule has 0 spiro atoms. The van der Waals surface area contributed by atoms with Crippen molar-refractivity contribution in [2.75, 3.05) is 37.9 Å². The van der Waals surface area contributed by atoms with Crippen molar-refractivity contribution in [1.82, 2.24) is 0 Å². The number of Topliss-reactive ketones (excluding diaryl/α,β-unsaturated/α-hetero) is 2. The molecule has 0 aromatic heterocycles. The first-order valence-electron chi connectivity index (χ1n) is 29.4. The van der Waals surface area contributed by atoms with Crippen molar-refractivity contribution in [2.24, 2.45) is 0 Å². The maximum absolute atomic E-state index is 13.6. The van der Waals surface area contributed by atoms with Crippen molar-refractivity contribution >= 4 is 382 Å². The Bertz CT molecular complexity index is 2280. The van der Waals surface area contributed by atoms with Crippen LogP contribution >= 0.6 is 43.1 Å². The topological polar surface area (TPSA) is 275 Å². The van der Waals surface area contributed by atoms with Crippen molar-refractivity contribution in [3.63, 3.8) is 0 Å². The van der Waals surface area contributed by atoms with E-state index in [-0.39, 0.29) is 424 Å². The Hall–Kier alpha value is 9.74. The van der Waals surface area contributed by atoms with Crippen LogP contribution in [0.15, 0.2) is 12.7 Å². The zero-order chi connectivity index (χ0) is 64.7. The Labute approximate surface area is 824 Å². The van der Waals surface area contributed by atoms with Gasteiger partial charge in [-0.1, -0.05) is 69.4 Å². The van der Waals surface area contributed by atoms with Crippen LogP contribution in [-0.2, 0) is 99.7 Å². The number of aliphatic hydroxyl groups is 2. The summed E-state index contributed by atoms with van der Waals surface area (Å²) in [6.07, 6.45) is 2.53. The van der Waals surface area contributed by atoms with Gasteiger partial charge in [0, 0.05) is 48.8 Å². The minimum absolute atomic E-state index is 0. The van der Waals surface area contributed by atoms with Gasteiger partial charge >= 0.3 is 314 Å². The summed E-state index contributed by atoms with van der Waals surface area (Å²) in [6.45, 7) is 33.0. The van der Waals surface area contributed by atoms with Crippen LogP contribution in [0.25, 0.3) is 0 Å².